The zero-order valence-electron chi connectivity index (χ0n) is 12.0. The molecule has 3 heteroatoms. The number of nitrogens with zero attached hydrogens (tertiary/aromatic N) is 1. The van der Waals surface area contributed by atoms with Gasteiger partial charge in [-0.2, -0.15) is 5.10 Å². The third-order valence-corrected chi connectivity index (χ3v) is 3.18. The largest absolute Gasteiger partial charge is 0.271 e. The molecule has 2 rings (SSSR count). The Hall–Kier alpha value is -2.42. The molecule has 2 aromatic carbocycles. The summed E-state index contributed by atoms with van der Waals surface area (Å²) in [4.78, 5) is 12.0. The van der Waals surface area contributed by atoms with Gasteiger partial charge in [0, 0.05) is 5.56 Å². The minimum atomic E-state index is -0.188. The Kier molecular flexibility index (Phi) is 4.31. The average molecular weight is 266 g/mol. The fourth-order valence-corrected chi connectivity index (χ4v) is 2.02. The van der Waals surface area contributed by atoms with Crippen molar-refractivity contribution < 1.29 is 4.79 Å². The van der Waals surface area contributed by atoms with Crippen LogP contribution < -0.4 is 5.43 Å². The van der Waals surface area contributed by atoms with Crippen LogP contribution in [0.3, 0.4) is 0 Å². The Morgan fingerprint density at radius 2 is 1.80 bits per heavy atom. The average Bonchev–Trinajstić information content (AvgIpc) is 2.40. The molecule has 0 aromatic heterocycles. The highest BCUT2D eigenvalue weighted by Crippen LogP contribution is 2.10. The molecule has 0 unspecified atom stereocenters. The van der Waals surface area contributed by atoms with Crippen molar-refractivity contribution in [3.8, 4) is 0 Å². The van der Waals surface area contributed by atoms with Gasteiger partial charge in [-0.3, -0.25) is 4.79 Å². The predicted molar refractivity (Wildman–Crippen MR) is 82.2 cm³/mol. The van der Waals surface area contributed by atoms with Crippen molar-refractivity contribution in [2.24, 2.45) is 5.10 Å². The Morgan fingerprint density at radius 3 is 2.50 bits per heavy atom. The zero-order valence-corrected chi connectivity index (χ0v) is 12.0. The van der Waals surface area contributed by atoms with E-state index in [0.29, 0.717) is 5.56 Å². The highest BCUT2D eigenvalue weighted by molar-refractivity contribution is 5.96. The van der Waals surface area contributed by atoms with Crippen LogP contribution in [0.15, 0.2) is 47.6 Å². The maximum Gasteiger partial charge on any atom is 0.271 e. The van der Waals surface area contributed by atoms with Crippen LogP contribution in [0.1, 0.15) is 32.6 Å². The van der Waals surface area contributed by atoms with Gasteiger partial charge >= 0.3 is 0 Å². The Balaban J connectivity index is 2.07. The molecule has 102 valence electrons. The van der Waals surface area contributed by atoms with Gasteiger partial charge in [-0.1, -0.05) is 42.0 Å². The van der Waals surface area contributed by atoms with Gasteiger partial charge in [0.25, 0.3) is 5.91 Å². The van der Waals surface area contributed by atoms with E-state index >= 15 is 0 Å². The van der Waals surface area contributed by atoms with Gasteiger partial charge in [-0.25, -0.2) is 5.43 Å². The monoisotopic (exact) mass is 266 g/mol. The van der Waals surface area contributed by atoms with Gasteiger partial charge in [0.05, 0.1) is 6.21 Å². The summed E-state index contributed by atoms with van der Waals surface area (Å²) in [6.07, 6.45) is 1.66. The van der Waals surface area contributed by atoms with E-state index in [9.17, 15) is 4.79 Å². The van der Waals surface area contributed by atoms with Crippen LogP contribution in [0.25, 0.3) is 0 Å². The molecule has 0 bridgehead atoms. The summed E-state index contributed by atoms with van der Waals surface area (Å²) in [6, 6.07) is 13.6. The first kappa shape index (κ1) is 14.0. The van der Waals surface area contributed by atoms with Gasteiger partial charge in [0.15, 0.2) is 0 Å². The van der Waals surface area contributed by atoms with E-state index in [0.717, 1.165) is 22.3 Å². The van der Waals surface area contributed by atoms with Gasteiger partial charge in [-0.15, -0.1) is 0 Å². The van der Waals surface area contributed by atoms with E-state index in [-0.39, 0.29) is 5.91 Å². The fourth-order valence-electron chi connectivity index (χ4n) is 2.02. The van der Waals surface area contributed by atoms with Crippen LogP contribution in [0.4, 0.5) is 0 Å². The first-order valence-corrected chi connectivity index (χ1v) is 6.54. The first-order valence-electron chi connectivity index (χ1n) is 6.54. The maximum absolute atomic E-state index is 12.0. The van der Waals surface area contributed by atoms with Crippen LogP contribution in [0, 0.1) is 20.8 Å². The lowest BCUT2D eigenvalue weighted by molar-refractivity contribution is 0.0954. The lowest BCUT2D eigenvalue weighted by Gasteiger charge is -2.05. The molecular formula is C17H18N2O. The molecule has 0 radical (unpaired) electrons. The number of hydrazone groups is 1. The molecule has 0 aliphatic carbocycles. The number of hydrogen-bond acceptors (Lipinski definition) is 2. The van der Waals surface area contributed by atoms with Crippen molar-refractivity contribution in [2.75, 3.05) is 0 Å². The molecule has 1 amide bonds. The normalized spacial score (nSPS) is 10.8. The van der Waals surface area contributed by atoms with E-state index < -0.39 is 0 Å². The Morgan fingerprint density at radius 1 is 1.05 bits per heavy atom. The second-order valence-corrected chi connectivity index (χ2v) is 4.87. The zero-order chi connectivity index (χ0) is 14.5. The quantitative estimate of drug-likeness (QED) is 0.671. The van der Waals surface area contributed by atoms with E-state index in [1.54, 1.807) is 6.21 Å². The first-order chi connectivity index (χ1) is 9.58. The summed E-state index contributed by atoms with van der Waals surface area (Å²) in [5, 5.41) is 4.02. The third-order valence-electron chi connectivity index (χ3n) is 3.18. The Bertz CT molecular complexity index is 660. The lowest BCUT2D eigenvalue weighted by atomic mass is 10.1. The van der Waals surface area contributed by atoms with Crippen molar-refractivity contribution in [3.05, 3.63) is 70.3 Å². The SMILES string of the molecule is Cc1ccc(C(=O)N/N=C/c2ccccc2C)c(C)c1. The van der Waals surface area contributed by atoms with Crippen LogP contribution in [0.2, 0.25) is 0 Å². The number of carbonyl (C=O) groups excluding carboxylic acids is 1. The second-order valence-electron chi connectivity index (χ2n) is 4.87. The smallest absolute Gasteiger partial charge is 0.267 e. The molecule has 0 heterocycles. The van der Waals surface area contributed by atoms with E-state index in [4.69, 9.17) is 0 Å². The van der Waals surface area contributed by atoms with Crippen LogP contribution in [-0.4, -0.2) is 12.1 Å². The van der Waals surface area contributed by atoms with Crippen molar-refractivity contribution in [2.45, 2.75) is 20.8 Å². The number of hydrogen-bond donors (Lipinski definition) is 1. The topological polar surface area (TPSA) is 41.5 Å². The number of aryl methyl sites for hydroxylation is 3. The van der Waals surface area contributed by atoms with Crippen molar-refractivity contribution in [1.82, 2.24) is 5.43 Å². The standard InChI is InChI=1S/C17H18N2O/c1-12-8-9-16(14(3)10-12)17(20)19-18-11-15-7-5-4-6-13(15)2/h4-11H,1-3H3,(H,19,20)/b18-11+. The second kappa shape index (κ2) is 6.15. The van der Waals surface area contributed by atoms with E-state index in [2.05, 4.69) is 10.5 Å². The molecule has 0 aliphatic heterocycles. The van der Waals surface area contributed by atoms with Crippen molar-refractivity contribution in [1.29, 1.82) is 0 Å². The van der Waals surface area contributed by atoms with Crippen molar-refractivity contribution >= 4 is 12.1 Å². The van der Waals surface area contributed by atoms with Crippen LogP contribution >= 0.6 is 0 Å². The van der Waals surface area contributed by atoms with Gasteiger partial charge in [0.2, 0.25) is 0 Å². The highest BCUT2D eigenvalue weighted by atomic mass is 16.2. The molecule has 0 fully saturated rings. The molecule has 1 N–H and O–H groups in total. The summed E-state index contributed by atoms with van der Waals surface area (Å²) < 4.78 is 0. The summed E-state index contributed by atoms with van der Waals surface area (Å²) >= 11 is 0. The molecular weight excluding hydrogens is 248 g/mol. The van der Waals surface area contributed by atoms with Crippen LogP contribution in [0.5, 0.6) is 0 Å². The Labute approximate surface area is 119 Å². The molecule has 0 aliphatic rings. The lowest BCUT2D eigenvalue weighted by Crippen LogP contribution is -2.18. The molecule has 3 nitrogen and oxygen atoms in total. The van der Waals surface area contributed by atoms with Crippen molar-refractivity contribution in [3.63, 3.8) is 0 Å². The summed E-state index contributed by atoms with van der Waals surface area (Å²) in [5.74, 6) is -0.188. The number of nitrogens with one attached hydrogen (secondary N) is 1. The van der Waals surface area contributed by atoms with E-state index in [1.807, 2.05) is 63.2 Å². The molecule has 0 atom stereocenters. The minimum Gasteiger partial charge on any atom is -0.267 e. The van der Waals surface area contributed by atoms with Crippen LogP contribution in [-0.2, 0) is 0 Å². The third kappa shape index (κ3) is 3.32. The van der Waals surface area contributed by atoms with Gasteiger partial charge in [0.1, 0.15) is 0 Å². The number of amides is 1. The number of carbonyl (C=O) groups is 1. The number of benzene rings is 2. The fraction of sp³-hybridized carbons (Fsp3) is 0.176. The minimum absolute atomic E-state index is 0.188. The summed E-state index contributed by atoms with van der Waals surface area (Å²) in [5.41, 5.74) is 7.43. The van der Waals surface area contributed by atoms with Gasteiger partial charge in [-0.05, 0) is 43.5 Å². The number of rotatable bonds is 3. The van der Waals surface area contributed by atoms with E-state index in [1.165, 1.54) is 0 Å². The maximum atomic E-state index is 12.0. The molecule has 0 spiro atoms. The molecule has 2 aromatic rings. The highest BCUT2D eigenvalue weighted by Gasteiger charge is 2.07. The molecule has 0 saturated heterocycles. The predicted octanol–water partition coefficient (Wildman–Crippen LogP) is 3.38. The van der Waals surface area contributed by atoms with Gasteiger partial charge < -0.3 is 0 Å². The molecule has 20 heavy (non-hydrogen) atoms. The summed E-state index contributed by atoms with van der Waals surface area (Å²) in [7, 11) is 0. The summed E-state index contributed by atoms with van der Waals surface area (Å²) in [6.45, 7) is 5.94. The molecule has 0 saturated carbocycles.